The number of guanidine groups is 1. The minimum atomic E-state index is -3.31. The molecule has 0 saturated heterocycles. The largest absolute Gasteiger partial charge is 0.493 e. The quantitative estimate of drug-likeness (QED) is 0.380. The Bertz CT molecular complexity index is 748. The van der Waals surface area contributed by atoms with Gasteiger partial charge in [-0.15, -0.1) is 0 Å². The van der Waals surface area contributed by atoms with E-state index in [1.165, 1.54) is 6.42 Å². The second-order valence-electron chi connectivity index (χ2n) is 6.65. The summed E-state index contributed by atoms with van der Waals surface area (Å²) in [4.78, 5) is 4.38. The molecule has 2 rings (SSSR count). The van der Waals surface area contributed by atoms with Gasteiger partial charge < -0.3 is 20.1 Å². The van der Waals surface area contributed by atoms with E-state index in [-0.39, 0.29) is 12.3 Å². The van der Waals surface area contributed by atoms with Crippen LogP contribution in [0, 0.1) is 5.92 Å². The van der Waals surface area contributed by atoms with Crippen molar-refractivity contribution in [2.75, 3.05) is 44.4 Å². The summed E-state index contributed by atoms with van der Waals surface area (Å²) < 4.78 is 37.8. The van der Waals surface area contributed by atoms with Gasteiger partial charge in [-0.1, -0.05) is 6.42 Å². The van der Waals surface area contributed by atoms with Crippen molar-refractivity contribution in [3.8, 4) is 11.5 Å². The lowest BCUT2D eigenvalue weighted by Crippen LogP contribution is -2.35. The highest BCUT2D eigenvalue weighted by Crippen LogP contribution is 2.30. The third kappa shape index (κ3) is 7.20. The van der Waals surface area contributed by atoms with Crippen molar-refractivity contribution >= 4 is 21.7 Å². The number of rotatable bonds is 11. The zero-order valence-electron chi connectivity index (χ0n) is 17.0. The fourth-order valence-electron chi connectivity index (χ4n) is 2.76. The molecule has 1 aliphatic carbocycles. The van der Waals surface area contributed by atoms with Gasteiger partial charge in [0.2, 0.25) is 10.0 Å². The van der Waals surface area contributed by atoms with Gasteiger partial charge >= 0.3 is 0 Å². The molecule has 0 heterocycles. The Kier molecular flexibility index (Phi) is 8.85. The Balaban J connectivity index is 1.94. The summed E-state index contributed by atoms with van der Waals surface area (Å²) >= 11 is 0. The number of nitrogens with zero attached hydrogens (tertiary/aromatic N) is 1. The number of methoxy groups -OCH3 is 1. The highest BCUT2D eigenvalue weighted by molar-refractivity contribution is 7.89. The first-order chi connectivity index (χ1) is 13.5. The van der Waals surface area contributed by atoms with E-state index in [4.69, 9.17) is 9.47 Å². The minimum Gasteiger partial charge on any atom is -0.493 e. The zero-order chi connectivity index (χ0) is 20.4. The molecular weight excluding hydrogens is 380 g/mol. The van der Waals surface area contributed by atoms with Crippen LogP contribution >= 0.6 is 0 Å². The predicted molar refractivity (Wildman–Crippen MR) is 113 cm³/mol. The second-order valence-corrected chi connectivity index (χ2v) is 8.57. The average molecular weight is 413 g/mol. The maximum atomic E-state index is 12.1. The van der Waals surface area contributed by atoms with Crippen molar-refractivity contribution in [3.63, 3.8) is 0 Å². The minimum absolute atomic E-state index is 0.0386. The van der Waals surface area contributed by atoms with Crippen LogP contribution in [0.25, 0.3) is 0 Å². The van der Waals surface area contributed by atoms with Crippen LogP contribution in [0.15, 0.2) is 23.2 Å². The molecule has 0 spiro atoms. The van der Waals surface area contributed by atoms with E-state index in [0.29, 0.717) is 43.1 Å². The SMILES string of the molecule is CCNC(=NCCS(=O)(=O)NCC1CCC1)Nc1ccc(OC)c(OCC)c1. The highest BCUT2D eigenvalue weighted by atomic mass is 32.2. The summed E-state index contributed by atoms with van der Waals surface area (Å²) in [5.41, 5.74) is 0.773. The molecular formula is C19H32N4O4S. The van der Waals surface area contributed by atoms with Gasteiger partial charge in [0.1, 0.15) is 0 Å². The number of anilines is 1. The van der Waals surface area contributed by atoms with E-state index in [1.807, 2.05) is 32.0 Å². The van der Waals surface area contributed by atoms with E-state index in [9.17, 15) is 8.42 Å². The highest BCUT2D eigenvalue weighted by Gasteiger charge is 2.20. The van der Waals surface area contributed by atoms with Crippen molar-refractivity contribution in [2.24, 2.45) is 10.9 Å². The van der Waals surface area contributed by atoms with Crippen molar-refractivity contribution in [1.29, 1.82) is 0 Å². The van der Waals surface area contributed by atoms with E-state index in [2.05, 4.69) is 20.3 Å². The molecule has 9 heteroatoms. The van der Waals surface area contributed by atoms with Gasteiger partial charge in [-0.2, -0.15) is 0 Å². The van der Waals surface area contributed by atoms with Crippen LogP contribution in [-0.2, 0) is 10.0 Å². The molecule has 0 radical (unpaired) electrons. The lowest BCUT2D eigenvalue weighted by atomic mass is 9.86. The van der Waals surface area contributed by atoms with Crippen LogP contribution in [-0.4, -0.2) is 53.5 Å². The van der Waals surface area contributed by atoms with E-state index in [1.54, 1.807) is 7.11 Å². The van der Waals surface area contributed by atoms with Crippen LogP contribution in [0.5, 0.6) is 11.5 Å². The Morgan fingerprint density at radius 3 is 2.64 bits per heavy atom. The molecule has 3 N–H and O–H groups in total. The standard InChI is InChI=1S/C19H32N4O4S/c1-4-20-19(21-11-12-28(24,25)22-14-15-7-6-8-15)23-16-9-10-17(26-3)18(13-16)27-5-2/h9-10,13,15,22H,4-8,11-12,14H2,1-3H3,(H2,20,21,23). The first-order valence-electron chi connectivity index (χ1n) is 9.81. The fourth-order valence-corrected chi connectivity index (χ4v) is 3.72. The number of nitrogens with one attached hydrogen (secondary N) is 3. The maximum absolute atomic E-state index is 12.1. The molecule has 0 bridgehead atoms. The van der Waals surface area contributed by atoms with Crippen molar-refractivity contribution < 1.29 is 17.9 Å². The number of sulfonamides is 1. The van der Waals surface area contributed by atoms with Gasteiger partial charge in [-0.05, 0) is 44.7 Å². The number of aliphatic imine (C=N–C) groups is 1. The van der Waals surface area contributed by atoms with Gasteiger partial charge in [-0.3, -0.25) is 4.99 Å². The summed E-state index contributed by atoms with van der Waals surface area (Å²) in [5.74, 6) is 2.26. The predicted octanol–water partition coefficient (Wildman–Crippen LogP) is 2.19. The first kappa shape index (κ1) is 22.3. The van der Waals surface area contributed by atoms with Crippen LogP contribution in [0.1, 0.15) is 33.1 Å². The number of ether oxygens (including phenoxy) is 2. The van der Waals surface area contributed by atoms with E-state index in [0.717, 1.165) is 18.5 Å². The fraction of sp³-hybridized carbons (Fsp3) is 0.632. The van der Waals surface area contributed by atoms with Crippen LogP contribution < -0.4 is 24.8 Å². The third-order valence-electron chi connectivity index (χ3n) is 4.52. The van der Waals surface area contributed by atoms with Crippen LogP contribution in [0.3, 0.4) is 0 Å². The Morgan fingerprint density at radius 1 is 1.25 bits per heavy atom. The molecule has 0 aliphatic heterocycles. The summed E-state index contributed by atoms with van der Waals surface area (Å²) in [6, 6.07) is 5.49. The summed E-state index contributed by atoms with van der Waals surface area (Å²) in [5, 5.41) is 6.29. The van der Waals surface area contributed by atoms with Crippen LogP contribution in [0.2, 0.25) is 0 Å². The summed E-state index contributed by atoms with van der Waals surface area (Å²) in [6.45, 7) is 5.76. The topological polar surface area (TPSA) is 101 Å². The molecule has 1 aliphatic rings. The monoisotopic (exact) mass is 412 g/mol. The average Bonchev–Trinajstić information content (AvgIpc) is 2.61. The molecule has 1 fully saturated rings. The molecule has 0 aromatic heterocycles. The number of benzene rings is 1. The lowest BCUT2D eigenvalue weighted by molar-refractivity contribution is 0.311. The summed E-state index contributed by atoms with van der Waals surface area (Å²) in [7, 11) is -1.72. The Morgan fingerprint density at radius 2 is 2.04 bits per heavy atom. The van der Waals surface area contributed by atoms with Crippen molar-refractivity contribution in [1.82, 2.24) is 10.0 Å². The van der Waals surface area contributed by atoms with E-state index >= 15 is 0 Å². The molecule has 1 aromatic carbocycles. The molecule has 28 heavy (non-hydrogen) atoms. The summed E-state index contributed by atoms with van der Waals surface area (Å²) in [6.07, 6.45) is 3.42. The van der Waals surface area contributed by atoms with Crippen molar-refractivity contribution in [2.45, 2.75) is 33.1 Å². The van der Waals surface area contributed by atoms with Crippen molar-refractivity contribution in [3.05, 3.63) is 18.2 Å². The zero-order valence-corrected chi connectivity index (χ0v) is 17.8. The van der Waals surface area contributed by atoms with Gasteiger partial charge in [-0.25, -0.2) is 13.1 Å². The molecule has 0 unspecified atom stereocenters. The Labute approximate surface area is 168 Å². The normalized spacial score (nSPS) is 15.0. The van der Waals surface area contributed by atoms with Crippen LogP contribution in [0.4, 0.5) is 5.69 Å². The lowest BCUT2D eigenvalue weighted by Gasteiger charge is -2.25. The molecule has 8 nitrogen and oxygen atoms in total. The smallest absolute Gasteiger partial charge is 0.213 e. The molecule has 0 atom stereocenters. The van der Waals surface area contributed by atoms with Gasteiger partial charge in [0, 0.05) is 24.8 Å². The van der Waals surface area contributed by atoms with E-state index < -0.39 is 10.0 Å². The van der Waals surface area contributed by atoms with Gasteiger partial charge in [0.05, 0.1) is 26.0 Å². The molecule has 158 valence electrons. The number of hydrogen-bond acceptors (Lipinski definition) is 5. The molecule has 0 amide bonds. The number of hydrogen-bond donors (Lipinski definition) is 3. The molecule has 1 saturated carbocycles. The Hall–Kier alpha value is -2.00. The first-order valence-corrected chi connectivity index (χ1v) is 11.5. The van der Waals surface area contributed by atoms with Gasteiger partial charge in [0.15, 0.2) is 17.5 Å². The third-order valence-corrected chi connectivity index (χ3v) is 5.84. The molecule has 1 aromatic rings. The van der Waals surface area contributed by atoms with Gasteiger partial charge in [0.25, 0.3) is 0 Å². The maximum Gasteiger partial charge on any atom is 0.213 e. The second kappa shape index (κ2) is 11.1.